The van der Waals surface area contributed by atoms with Crippen LogP contribution >= 0.6 is 12.2 Å². The monoisotopic (exact) mass is 420 g/mol. The van der Waals surface area contributed by atoms with Gasteiger partial charge in [0.15, 0.2) is 5.11 Å². The van der Waals surface area contributed by atoms with Gasteiger partial charge in [0.2, 0.25) is 0 Å². The van der Waals surface area contributed by atoms with E-state index in [1.165, 1.54) is 42.6 Å². The van der Waals surface area contributed by atoms with Crippen molar-refractivity contribution in [2.24, 2.45) is 0 Å². The summed E-state index contributed by atoms with van der Waals surface area (Å²) in [6.45, 7) is 5.14. The van der Waals surface area contributed by atoms with Gasteiger partial charge >= 0.3 is 0 Å². The van der Waals surface area contributed by atoms with Crippen molar-refractivity contribution in [2.75, 3.05) is 0 Å². The molecule has 1 aliphatic carbocycles. The quantitative estimate of drug-likeness (QED) is 0.585. The molecule has 2 atom stereocenters. The van der Waals surface area contributed by atoms with E-state index in [-0.39, 0.29) is 12.1 Å². The smallest absolute Gasteiger partial charge is 0.170 e. The van der Waals surface area contributed by atoms with Gasteiger partial charge in [0.05, 0.1) is 30.6 Å². The highest BCUT2D eigenvalue weighted by Crippen LogP contribution is 2.44. The zero-order valence-corrected chi connectivity index (χ0v) is 18.4. The first-order valence-corrected chi connectivity index (χ1v) is 11.2. The predicted octanol–water partition coefficient (Wildman–Crippen LogP) is 5.06. The van der Waals surface area contributed by atoms with Crippen molar-refractivity contribution >= 4 is 17.3 Å². The lowest BCUT2D eigenvalue weighted by Crippen LogP contribution is -2.37. The molecule has 1 aliphatic heterocycles. The van der Waals surface area contributed by atoms with E-state index in [9.17, 15) is 0 Å². The molecular formula is C24H28N4OS. The van der Waals surface area contributed by atoms with Crippen molar-refractivity contribution in [1.82, 2.24) is 19.8 Å². The second-order valence-corrected chi connectivity index (χ2v) is 8.85. The van der Waals surface area contributed by atoms with Crippen molar-refractivity contribution in [1.29, 1.82) is 0 Å². The average molecular weight is 421 g/mol. The predicted molar refractivity (Wildman–Crippen MR) is 121 cm³/mol. The van der Waals surface area contributed by atoms with Crippen LogP contribution in [0.4, 0.5) is 0 Å². The number of pyridine rings is 1. The van der Waals surface area contributed by atoms with Gasteiger partial charge in [-0.05, 0) is 74.8 Å². The number of nitrogens with zero attached hydrogens (tertiary/aromatic N) is 3. The van der Waals surface area contributed by atoms with E-state index in [4.69, 9.17) is 16.6 Å². The lowest BCUT2D eigenvalue weighted by molar-refractivity contribution is 0.245. The fourth-order valence-electron chi connectivity index (χ4n) is 5.20. The number of furan rings is 1. The van der Waals surface area contributed by atoms with Gasteiger partial charge in [-0.1, -0.05) is 18.9 Å². The van der Waals surface area contributed by atoms with Crippen molar-refractivity contribution < 1.29 is 4.42 Å². The number of hydrogen-bond donors (Lipinski definition) is 1. The number of hydrogen-bond acceptors (Lipinski definition) is 3. The van der Waals surface area contributed by atoms with Crippen LogP contribution in [0.25, 0.3) is 0 Å². The second-order valence-electron chi connectivity index (χ2n) is 8.46. The van der Waals surface area contributed by atoms with Crippen LogP contribution in [0, 0.1) is 13.8 Å². The zero-order valence-electron chi connectivity index (χ0n) is 17.5. The second kappa shape index (κ2) is 7.91. The summed E-state index contributed by atoms with van der Waals surface area (Å²) >= 11 is 5.87. The van der Waals surface area contributed by atoms with Crippen molar-refractivity contribution in [3.05, 3.63) is 77.3 Å². The van der Waals surface area contributed by atoms with E-state index < -0.39 is 0 Å². The fraction of sp³-hybridized carbons (Fsp3) is 0.417. The summed E-state index contributed by atoms with van der Waals surface area (Å²) in [7, 11) is 0. The van der Waals surface area contributed by atoms with Gasteiger partial charge in [0.25, 0.3) is 0 Å². The van der Waals surface area contributed by atoms with Gasteiger partial charge in [-0.3, -0.25) is 4.98 Å². The van der Waals surface area contributed by atoms with Gasteiger partial charge in [-0.15, -0.1) is 0 Å². The Morgan fingerprint density at radius 1 is 1.17 bits per heavy atom. The molecule has 5 rings (SSSR count). The largest absolute Gasteiger partial charge is 0.467 e. The molecule has 5 nitrogen and oxygen atoms in total. The van der Waals surface area contributed by atoms with Crippen LogP contribution in [0.3, 0.4) is 0 Å². The Balaban J connectivity index is 1.58. The standard InChI is InChI=1S/C24H28N4OS/c1-16-14-20(17(2)27(16)15-19-10-7-13-29-19)23-22(21-11-5-6-12-25-21)26-24(30)28(23)18-8-3-4-9-18/h5-7,10-14,18,22-23H,3-4,8-9,15H2,1-2H3,(H,26,30)/t22-,23-/m1/s1. The van der Waals surface area contributed by atoms with E-state index >= 15 is 0 Å². The van der Waals surface area contributed by atoms with Gasteiger partial charge in [0, 0.05) is 23.6 Å². The van der Waals surface area contributed by atoms with Crippen LogP contribution in [0.1, 0.15) is 66.2 Å². The third-order valence-electron chi connectivity index (χ3n) is 6.68. The van der Waals surface area contributed by atoms with Crippen LogP contribution < -0.4 is 5.32 Å². The van der Waals surface area contributed by atoms with E-state index in [0.717, 1.165) is 23.1 Å². The minimum Gasteiger partial charge on any atom is -0.467 e. The average Bonchev–Trinajstić information content (AvgIpc) is 3.54. The van der Waals surface area contributed by atoms with E-state index in [1.54, 1.807) is 6.26 Å². The molecule has 30 heavy (non-hydrogen) atoms. The number of aryl methyl sites for hydroxylation is 1. The van der Waals surface area contributed by atoms with Crippen molar-refractivity contribution in [2.45, 2.75) is 64.2 Å². The molecule has 1 N–H and O–H groups in total. The normalized spacial score (nSPS) is 22.1. The maximum atomic E-state index is 5.87. The van der Waals surface area contributed by atoms with Crippen molar-refractivity contribution in [3.8, 4) is 0 Å². The van der Waals surface area contributed by atoms with Gasteiger partial charge < -0.3 is 19.2 Å². The first-order valence-electron chi connectivity index (χ1n) is 10.8. The Kier molecular flexibility index (Phi) is 5.11. The molecule has 6 heteroatoms. The molecule has 1 saturated heterocycles. The molecule has 0 unspecified atom stereocenters. The summed E-state index contributed by atoms with van der Waals surface area (Å²) in [5.74, 6) is 0.970. The van der Waals surface area contributed by atoms with Crippen LogP contribution in [0.15, 0.2) is 53.3 Å². The van der Waals surface area contributed by atoms with Crippen LogP contribution in [0.2, 0.25) is 0 Å². The number of nitrogens with one attached hydrogen (secondary N) is 1. The molecule has 1 saturated carbocycles. The molecule has 2 aliphatic rings. The molecule has 3 aromatic rings. The Labute approximate surface area is 183 Å². The number of thiocarbonyl (C=S) groups is 1. The Morgan fingerprint density at radius 2 is 2.00 bits per heavy atom. The highest BCUT2D eigenvalue weighted by molar-refractivity contribution is 7.80. The van der Waals surface area contributed by atoms with Gasteiger partial charge in [-0.2, -0.15) is 0 Å². The lowest BCUT2D eigenvalue weighted by Gasteiger charge is -2.33. The van der Waals surface area contributed by atoms with Crippen LogP contribution in [-0.2, 0) is 6.54 Å². The van der Waals surface area contributed by atoms with Gasteiger partial charge in [-0.25, -0.2) is 0 Å². The van der Waals surface area contributed by atoms with Gasteiger partial charge in [0.1, 0.15) is 5.76 Å². The third-order valence-corrected chi connectivity index (χ3v) is 7.01. The maximum Gasteiger partial charge on any atom is 0.170 e. The summed E-state index contributed by atoms with van der Waals surface area (Å²) in [6, 6.07) is 13.1. The first-order chi connectivity index (χ1) is 14.6. The molecule has 3 aromatic heterocycles. The van der Waals surface area contributed by atoms with E-state index in [0.29, 0.717) is 6.04 Å². The maximum absolute atomic E-state index is 5.87. The molecule has 2 fully saturated rings. The minimum absolute atomic E-state index is 0.0527. The third kappa shape index (κ3) is 3.33. The minimum atomic E-state index is 0.0527. The number of aromatic nitrogens is 2. The zero-order chi connectivity index (χ0) is 20.7. The summed E-state index contributed by atoms with van der Waals surface area (Å²) in [4.78, 5) is 7.15. The molecule has 0 radical (unpaired) electrons. The molecule has 0 spiro atoms. The molecular weight excluding hydrogens is 392 g/mol. The Bertz CT molecular complexity index is 1020. The molecule has 156 valence electrons. The first kappa shape index (κ1) is 19.4. The summed E-state index contributed by atoms with van der Waals surface area (Å²) in [5.41, 5.74) is 4.88. The molecule has 0 bridgehead atoms. The lowest BCUT2D eigenvalue weighted by atomic mass is 9.95. The molecule has 0 aromatic carbocycles. The SMILES string of the molecule is Cc1cc([C@@H]2[C@@H](c3ccccn3)NC(=S)N2C2CCCC2)c(C)n1Cc1ccco1. The van der Waals surface area contributed by atoms with E-state index in [2.05, 4.69) is 51.8 Å². The fourth-order valence-corrected chi connectivity index (χ4v) is 5.59. The highest BCUT2D eigenvalue weighted by Gasteiger charge is 2.44. The Hall–Kier alpha value is -2.60. The summed E-state index contributed by atoms with van der Waals surface area (Å²) in [5, 5.41) is 4.47. The Morgan fingerprint density at radius 3 is 2.70 bits per heavy atom. The van der Waals surface area contributed by atoms with Crippen LogP contribution in [-0.4, -0.2) is 25.6 Å². The summed E-state index contributed by atoms with van der Waals surface area (Å²) < 4.78 is 7.96. The van der Waals surface area contributed by atoms with Crippen LogP contribution in [0.5, 0.6) is 0 Å². The summed E-state index contributed by atoms with van der Waals surface area (Å²) in [6.07, 6.45) is 8.58. The highest BCUT2D eigenvalue weighted by atomic mass is 32.1. The molecule has 0 amide bonds. The number of rotatable bonds is 5. The molecule has 4 heterocycles. The van der Waals surface area contributed by atoms with Crippen molar-refractivity contribution in [3.63, 3.8) is 0 Å². The van der Waals surface area contributed by atoms with E-state index in [1.807, 2.05) is 24.4 Å². The topological polar surface area (TPSA) is 46.2 Å².